The summed E-state index contributed by atoms with van der Waals surface area (Å²) in [4.78, 5) is 26.7. The van der Waals surface area contributed by atoms with Gasteiger partial charge in [-0.15, -0.1) is 0 Å². The molecule has 1 saturated heterocycles. The van der Waals surface area contributed by atoms with Crippen molar-refractivity contribution in [3.8, 4) is 0 Å². The molecule has 1 aromatic rings. The first-order chi connectivity index (χ1) is 9.27. The van der Waals surface area contributed by atoms with Gasteiger partial charge in [0, 0.05) is 0 Å². The van der Waals surface area contributed by atoms with Crippen LogP contribution in [0.5, 0.6) is 0 Å². The molecule has 1 aliphatic heterocycles. The summed E-state index contributed by atoms with van der Waals surface area (Å²) in [5.74, 6) is 0.937. The third kappa shape index (κ3) is 1.44. The highest BCUT2D eigenvalue weighted by molar-refractivity contribution is 6.22. The van der Waals surface area contributed by atoms with Gasteiger partial charge in [-0.1, -0.05) is 18.2 Å². The first kappa shape index (κ1) is 11.2. The summed E-state index contributed by atoms with van der Waals surface area (Å²) < 4.78 is 0. The number of hydrogen-bond donors (Lipinski definition) is 0. The van der Waals surface area contributed by atoms with Crippen LogP contribution in [0.2, 0.25) is 0 Å². The van der Waals surface area contributed by atoms with Crippen molar-refractivity contribution < 1.29 is 9.59 Å². The molecule has 2 bridgehead atoms. The number of hydrogen-bond acceptors (Lipinski definition) is 2. The second-order valence-electron chi connectivity index (χ2n) is 6.07. The zero-order valence-corrected chi connectivity index (χ0v) is 10.8. The van der Waals surface area contributed by atoms with E-state index in [4.69, 9.17) is 0 Å². The molecule has 3 saturated carbocycles. The summed E-state index contributed by atoms with van der Waals surface area (Å²) in [6.07, 6.45) is 4.53. The fraction of sp³-hybridized carbons (Fsp3) is 0.500. The number of carbonyl (C=O) groups excluding carboxylic acids is 2. The highest BCUT2D eigenvalue weighted by Crippen LogP contribution is 2.53. The van der Waals surface area contributed by atoms with E-state index in [0.29, 0.717) is 11.8 Å². The Morgan fingerprint density at radius 1 is 0.789 bits per heavy atom. The number of rotatable bonds is 1. The summed E-state index contributed by atoms with van der Waals surface area (Å²) in [6, 6.07) is 9.38. The smallest absolute Gasteiger partial charge is 0.237 e. The van der Waals surface area contributed by atoms with Gasteiger partial charge in [0.2, 0.25) is 11.8 Å². The van der Waals surface area contributed by atoms with Gasteiger partial charge in [-0.2, -0.15) is 0 Å². The van der Waals surface area contributed by atoms with Gasteiger partial charge in [0.1, 0.15) is 0 Å². The van der Waals surface area contributed by atoms with Gasteiger partial charge in [-0.05, 0) is 49.7 Å². The number of amides is 2. The molecule has 0 aromatic heterocycles. The van der Waals surface area contributed by atoms with E-state index in [1.807, 2.05) is 30.3 Å². The Hall–Kier alpha value is -1.64. The van der Waals surface area contributed by atoms with E-state index in [1.54, 1.807) is 0 Å². The average Bonchev–Trinajstić information content (AvgIpc) is 2.75. The largest absolute Gasteiger partial charge is 0.274 e. The van der Waals surface area contributed by atoms with E-state index in [0.717, 1.165) is 31.4 Å². The maximum Gasteiger partial charge on any atom is 0.237 e. The lowest BCUT2D eigenvalue weighted by Crippen LogP contribution is -2.41. The molecular weight excluding hydrogens is 238 g/mol. The van der Waals surface area contributed by atoms with Gasteiger partial charge in [0.25, 0.3) is 0 Å². The summed E-state index contributed by atoms with van der Waals surface area (Å²) in [5.41, 5.74) is 0.742. The highest BCUT2D eigenvalue weighted by Gasteiger charge is 2.58. The Morgan fingerprint density at radius 2 is 1.26 bits per heavy atom. The molecule has 5 rings (SSSR count). The van der Waals surface area contributed by atoms with E-state index in [2.05, 4.69) is 0 Å². The topological polar surface area (TPSA) is 37.4 Å². The second-order valence-corrected chi connectivity index (χ2v) is 6.07. The number of carbonyl (C=O) groups is 2. The third-order valence-corrected chi connectivity index (χ3v) is 5.24. The maximum atomic E-state index is 12.6. The Labute approximate surface area is 112 Å². The fourth-order valence-corrected chi connectivity index (χ4v) is 4.40. The molecule has 2 amide bonds. The number of benzene rings is 1. The van der Waals surface area contributed by atoms with Gasteiger partial charge in [0.15, 0.2) is 0 Å². The Morgan fingerprint density at radius 3 is 1.74 bits per heavy atom. The van der Waals surface area contributed by atoms with Crippen LogP contribution in [0.3, 0.4) is 0 Å². The molecule has 3 nitrogen and oxygen atoms in total. The molecule has 2 atom stereocenters. The van der Waals surface area contributed by atoms with Crippen molar-refractivity contribution in [3.63, 3.8) is 0 Å². The summed E-state index contributed by atoms with van der Waals surface area (Å²) in [7, 11) is 0. The molecule has 0 spiro atoms. The van der Waals surface area contributed by atoms with Crippen LogP contribution in [0, 0.1) is 23.7 Å². The Kier molecular flexibility index (Phi) is 2.32. The summed E-state index contributed by atoms with van der Waals surface area (Å²) >= 11 is 0. The number of fused-ring (bicyclic) bond motifs is 2. The van der Waals surface area contributed by atoms with Crippen molar-refractivity contribution >= 4 is 17.5 Å². The molecule has 3 aliphatic carbocycles. The van der Waals surface area contributed by atoms with Gasteiger partial charge in [0.05, 0.1) is 17.5 Å². The number of para-hydroxylation sites is 1. The molecule has 98 valence electrons. The lowest BCUT2D eigenvalue weighted by atomic mass is 9.59. The van der Waals surface area contributed by atoms with E-state index in [9.17, 15) is 9.59 Å². The van der Waals surface area contributed by atoms with Crippen molar-refractivity contribution in [3.05, 3.63) is 30.3 Å². The lowest BCUT2D eigenvalue weighted by Gasteiger charge is -2.42. The highest BCUT2D eigenvalue weighted by atomic mass is 16.2. The van der Waals surface area contributed by atoms with Gasteiger partial charge >= 0.3 is 0 Å². The van der Waals surface area contributed by atoms with Crippen molar-refractivity contribution in [2.45, 2.75) is 25.7 Å². The van der Waals surface area contributed by atoms with Crippen LogP contribution in [0.1, 0.15) is 25.7 Å². The van der Waals surface area contributed by atoms with Crippen LogP contribution in [0.25, 0.3) is 0 Å². The molecule has 0 unspecified atom stereocenters. The van der Waals surface area contributed by atoms with Crippen molar-refractivity contribution in [2.24, 2.45) is 23.7 Å². The maximum absolute atomic E-state index is 12.6. The van der Waals surface area contributed by atoms with Crippen LogP contribution < -0.4 is 4.90 Å². The summed E-state index contributed by atoms with van der Waals surface area (Å²) in [5, 5.41) is 0. The molecule has 0 N–H and O–H groups in total. The first-order valence-corrected chi connectivity index (χ1v) is 7.20. The zero-order chi connectivity index (χ0) is 13.0. The molecule has 1 heterocycles. The first-order valence-electron chi connectivity index (χ1n) is 7.20. The summed E-state index contributed by atoms with van der Waals surface area (Å²) in [6.45, 7) is 0. The fourth-order valence-electron chi connectivity index (χ4n) is 4.40. The molecule has 4 fully saturated rings. The number of imide groups is 1. The van der Waals surface area contributed by atoms with Crippen molar-refractivity contribution in [2.75, 3.05) is 4.90 Å². The standard InChI is InChI=1S/C16H17NO2/c18-15-13-10-6-7-11(9-8-10)14(13)16(19)17(15)12-4-2-1-3-5-12/h1-5,10-11,13-14H,6-9H2/t10?,11?,13-,14-/m0/s1. The van der Waals surface area contributed by atoms with E-state index < -0.39 is 0 Å². The third-order valence-electron chi connectivity index (χ3n) is 5.24. The predicted octanol–water partition coefficient (Wildman–Crippen LogP) is 2.61. The van der Waals surface area contributed by atoms with Crippen LogP contribution in [0.4, 0.5) is 5.69 Å². The predicted molar refractivity (Wildman–Crippen MR) is 71.4 cm³/mol. The van der Waals surface area contributed by atoms with E-state index >= 15 is 0 Å². The molecule has 4 aliphatic rings. The quantitative estimate of drug-likeness (QED) is 0.723. The van der Waals surface area contributed by atoms with Crippen LogP contribution >= 0.6 is 0 Å². The van der Waals surface area contributed by atoms with Crippen LogP contribution in [-0.4, -0.2) is 11.8 Å². The van der Waals surface area contributed by atoms with E-state index in [1.165, 1.54) is 4.90 Å². The molecule has 3 heteroatoms. The lowest BCUT2D eigenvalue weighted by molar-refractivity contribution is -0.129. The Bertz CT molecular complexity index is 501. The molecule has 1 aromatic carbocycles. The number of nitrogens with zero attached hydrogens (tertiary/aromatic N) is 1. The Balaban J connectivity index is 1.76. The SMILES string of the molecule is O=C1[C@H]2C3CCC(CC3)[C@@H]2C(=O)N1c1ccccc1. The normalized spacial score (nSPS) is 36.7. The second kappa shape index (κ2) is 3.92. The minimum absolute atomic E-state index is 0.0276. The van der Waals surface area contributed by atoms with Gasteiger partial charge < -0.3 is 0 Å². The van der Waals surface area contributed by atoms with Crippen LogP contribution in [-0.2, 0) is 9.59 Å². The zero-order valence-electron chi connectivity index (χ0n) is 10.8. The average molecular weight is 255 g/mol. The van der Waals surface area contributed by atoms with Gasteiger partial charge in [-0.3, -0.25) is 14.5 Å². The monoisotopic (exact) mass is 255 g/mol. The van der Waals surface area contributed by atoms with E-state index in [-0.39, 0.29) is 23.7 Å². The minimum atomic E-state index is -0.0276. The van der Waals surface area contributed by atoms with Gasteiger partial charge in [-0.25, -0.2) is 0 Å². The minimum Gasteiger partial charge on any atom is -0.274 e. The van der Waals surface area contributed by atoms with Crippen molar-refractivity contribution in [1.29, 1.82) is 0 Å². The number of anilines is 1. The molecule has 19 heavy (non-hydrogen) atoms. The molecule has 0 radical (unpaired) electrons. The molecular formula is C16H17NO2. The van der Waals surface area contributed by atoms with Crippen molar-refractivity contribution in [1.82, 2.24) is 0 Å². The van der Waals surface area contributed by atoms with Crippen LogP contribution in [0.15, 0.2) is 30.3 Å².